The summed E-state index contributed by atoms with van der Waals surface area (Å²) in [5.74, 6) is -3.52. The second-order valence-electron chi connectivity index (χ2n) is 4.03. The topological polar surface area (TPSA) is 110 Å². The quantitative estimate of drug-likeness (QED) is 0.449. The standard InChI is InChI=1S/C13H9F3N2O4/c14-13(15,16)7-1-3-8(4-2-7)18-12(22)9(6-17)10(19)5-11(20)21/h1-4,19H,5H2,(H,18,22)(H,20,21)/b10-9-. The fourth-order valence-electron chi connectivity index (χ4n) is 1.41. The lowest BCUT2D eigenvalue weighted by atomic mass is 10.1. The van der Waals surface area contributed by atoms with Crippen LogP contribution in [-0.4, -0.2) is 22.1 Å². The SMILES string of the molecule is N#C/C(C(=O)Nc1ccc(C(F)(F)F)cc1)=C(/O)CC(=O)O. The number of benzene rings is 1. The molecule has 0 heterocycles. The van der Waals surface area contributed by atoms with Crippen molar-refractivity contribution in [1.29, 1.82) is 5.26 Å². The molecule has 22 heavy (non-hydrogen) atoms. The number of rotatable bonds is 4. The van der Waals surface area contributed by atoms with Crippen LogP contribution >= 0.6 is 0 Å². The molecule has 0 fully saturated rings. The molecule has 0 unspecified atom stereocenters. The summed E-state index contributed by atoms with van der Waals surface area (Å²) in [6.45, 7) is 0. The highest BCUT2D eigenvalue weighted by atomic mass is 19.4. The summed E-state index contributed by atoms with van der Waals surface area (Å²) in [5, 5.41) is 28.6. The van der Waals surface area contributed by atoms with Gasteiger partial charge >= 0.3 is 12.1 Å². The zero-order valence-electron chi connectivity index (χ0n) is 10.8. The van der Waals surface area contributed by atoms with Crippen LogP contribution in [0.1, 0.15) is 12.0 Å². The van der Waals surface area contributed by atoms with Gasteiger partial charge in [-0.1, -0.05) is 0 Å². The van der Waals surface area contributed by atoms with Crippen LogP contribution in [0.5, 0.6) is 0 Å². The van der Waals surface area contributed by atoms with Crippen LogP contribution in [0.4, 0.5) is 18.9 Å². The van der Waals surface area contributed by atoms with Crippen LogP contribution in [0.3, 0.4) is 0 Å². The van der Waals surface area contributed by atoms with E-state index >= 15 is 0 Å². The maximum Gasteiger partial charge on any atom is 0.416 e. The zero-order valence-corrected chi connectivity index (χ0v) is 10.8. The van der Waals surface area contributed by atoms with E-state index in [1.807, 2.05) is 0 Å². The summed E-state index contributed by atoms with van der Waals surface area (Å²) in [7, 11) is 0. The average molecular weight is 314 g/mol. The Hall–Kier alpha value is -3.02. The van der Waals surface area contributed by atoms with E-state index in [9.17, 15) is 27.9 Å². The molecule has 0 aliphatic rings. The fourth-order valence-corrected chi connectivity index (χ4v) is 1.41. The van der Waals surface area contributed by atoms with Crippen LogP contribution in [0.15, 0.2) is 35.6 Å². The Labute approximate surface area is 122 Å². The minimum absolute atomic E-state index is 0.0473. The van der Waals surface area contributed by atoms with Crippen molar-refractivity contribution in [2.75, 3.05) is 5.32 Å². The molecule has 0 atom stereocenters. The molecule has 0 bridgehead atoms. The number of aliphatic hydroxyl groups excluding tert-OH is 1. The largest absolute Gasteiger partial charge is 0.510 e. The van der Waals surface area contributed by atoms with Gasteiger partial charge in [-0.3, -0.25) is 9.59 Å². The van der Waals surface area contributed by atoms with Gasteiger partial charge in [-0.2, -0.15) is 18.4 Å². The molecule has 1 aromatic carbocycles. The number of carbonyl (C=O) groups excluding carboxylic acids is 1. The number of nitrogens with zero attached hydrogens (tertiary/aromatic N) is 1. The molecule has 9 heteroatoms. The number of carboxylic acids is 1. The number of nitriles is 1. The van der Waals surface area contributed by atoms with Crippen LogP contribution in [0, 0.1) is 11.3 Å². The molecular formula is C13H9F3N2O4. The minimum atomic E-state index is -4.53. The average Bonchev–Trinajstić information content (AvgIpc) is 2.38. The number of aliphatic hydroxyl groups is 1. The van der Waals surface area contributed by atoms with Crippen LogP contribution in [-0.2, 0) is 15.8 Å². The Morgan fingerprint density at radius 3 is 2.14 bits per heavy atom. The third-order valence-electron chi connectivity index (χ3n) is 2.42. The first-order valence-corrected chi connectivity index (χ1v) is 5.67. The highest BCUT2D eigenvalue weighted by Gasteiger charge is 2.30. The van der Waals surface area contributed by atoms with Gasteiger partial charge < -0.3 is 15.5 Å². The van der Waals surface area contributed by atoms with E-state index in [0.717, 1.165) is 24.3 Å². The van der Waals surface area contributed by atoms with Crippen LogP contribution in [0.25, 0.3) is 0 Å². The first-order valence-electron chi connectivity index (χ1n) is 5.67. The molecule has 0 aromatic heterocycles. The maximum atomic E-state index is 12.4. The number of amides is 1. The molecule has 0 radical (unpaired) electrons. The summed E-state index contributed by atoms with van der Waals surface area (Å²) >= 11 is 0. The molecule has 3 N–H and O–H groups in total. The van der Waals surface area contributed by atoms with Gasteiger partial charge in [0.1, 0.15) is 18.2 Å². The molecule has 0 saturated heterocycles. The van der Waals surface area contributed by atoms with Crippen molar-refractivity contribution < 1.29 is 33.0 Å². The number of aliphatic carboxylic acids is 1. The molecule has 0 spiro atoms. The van der Waals surface area contributed by atoms with Crippen LogP contribution < -0.4 is 5.32 Å². The lowest BCUT2D eigenvalue weighted by Gasteiger charge is -2.09. The smallest absolute Gasteiger partial charge is 0.416 e. The molecule has 116 valence electrons. The van der Waals surface area contributed by atoms with Gasteiger partial charge in [0.25, 0.3) is 5.91 Å². The molecular weight excluding hydrogens is 305 g/mol. The molecule has 1 amide bonds. The van der Waals surface area contributed by atoms with Gasteiger partial charge in [0.15, 0.2) is 5.57 Å². The molecule has 6 nitrogen and oxygen atoms in total. The van der Waals surface area contributed by atoms with Crippen molar-refractivity contribution in [3.05, 3.63) is 41.2 Å². The molecule has 1 rings (SSSR count). The van der Waals surface area contributed by atoms with Crippen molar-refractivity contribution in [1.82, 2.24) is 0 Å². The molecule has 0 aliphatic carbocycles. The fraction of sp³-hybridized carbons (Fsp3) is 0.154. The summed E-state index contributed by atoms with van der Waals surface area (Å²) in [6, 6.07) is 4.71. The summed E-state index contributed by atoms with van der Waals surface area (Å²) in [5.41, 5.74) is -1.80. The monoisotopic (exact) mass is 314 g/mol. The number of carbonyl (C=O) groups is 2. The predicted octanol–water partition coefficient (Wildman–Crippen LogP) is 2.45. The number of anilines is 1. The highest BCUT2D eigenvalue weighted by molar-refractivity contribution is 6.07. The molecule has 0 saturated carbocycles. The Bertz CT molecular complexity index is 657. The van der Waals surface area contributed by atoms with Gasteiger partial charge in [0.05, 0.1) is 5.56 Å². The first kappa shape index (κ1) is 17.0. The summed E-state index contributed by atoms with van der Waals surface area (Å²) in [4.78, 5) is 22.1. The lowest BCUT2D eigenvalue weighted by Crippen LogP contribution is -2.16. The van der Waals surface area contributed by atoms with E-state index in [0.29, 0.717) is 0 Å². The highest BCUT2D eigenvalue weighted by Crippen LogP contribution is 2.29. The summed E-state index contributed by atoms with van der Waals surface area (Å²) < 4.78 is 37.1. The van der Waals surface area contributed by atoms with Gasteiger partial charge in [-0.15, -0.1) is 0 Å². The van der Waals surface area contributed by atoms with Gasteiger partial charge in [0.2, 0.25) is 0 Å². The second-order valence-corrected chi connectivity index (χ2v) is 4.03. The van der Waals surface area contributed by atoms with Gasteiger partial charge in [-0.25, -0.2) is 0 Å². The lowest BCUT2D eigenvalue weighted by molar-refractivity contribution is -0.138. The van der Waals surface area contributed by atoms with Crippen molar-refractivity contribution in [3.63, 3.8) is 0 Å². The third-order valence-corrected chi connectivity index (χ3v) is 2.42. The Morgan fingerprint density at radius 1 is 1.18 bits per heavy atom. The van der Waals surface area contributed by atoms with Crippen molar-refractivity contribution in [2.45, 2.75) is 12.6 Å². The van der Waals surface area contributed by atoms with E-state index in [1.54, 1.807) is 0 Å². The van der Waals surface area contributed by atoms with Crippen molar-refractivity contribution >= 4 is 17.6 Å². The first-order chi connectivity index (χ1) is 10.1. The van der Waals surface area contributed by atoms with Gasteiger partial charge in [-0.05, 0) is 24.3 Å². The Balaban J connectivity index is 2.92. The summed E-state index contributed by atoms with van der Waals surface area (Å²) in [6.07, 6.45) is -5.46. The maximum absolute atomic E-state index is 12.4. The van der Waals surface area contributed by atoms with E-state index in [4.69, 9.17) is 10.4 Å². The molecule has 0 aliphatic heterocycles. The minimum Gasteiger partial charge on any atom is -0.510 e. The van der Waals surface area contributed by atoms with Gasteiger partial charge in [0, 0.05) is 5.69 Å². The van der Waals surface area contributed by atoms with E-state index in [-0.39, 0.29) is 5.69 Å². The van der Waals surface area contributed by atoms with E-state index < -0.39 is 41.4 Å². The van der Waals surface area contributed by atoms with Crippen LogP contribution in [0.2, 0.25) is 0 Å². The number of alkyl halides is 3. The zero-order chi connectivity index (χ0) is 16.9. The number of halogens is 3. The van der Waals surface area contributed by atoms with E-state index in [2.05, 4.69) is 5.32 Å². The van der Waals surface area contributed by atoms with Crippen molar-refractivity contribution in [3.8, 4) is 6.07 Å². The number of carboxylic acid groups (broad SMARTS) is 1. The Morgan fingerprint density at radius 2 is 1.73 bits per heavy atom. The Kier molecular flexibility index (Phi) is 5.13. The second kappa shape index (κ2) is 6.62. The normalized spacial score (nSPS) is 12.1. The molecule has 1 aromatic rings. The van der Waals surface area contributed by atoms with E-state index in [1.165, 1.54) is 6.07 Å². The number of hydrogen-bond donors (Lipinski definition) is 3. The van der Waals surface area contributed by atoms with Crippen molar-refractivity contribution in [2.24, 2.45) is 0 Å². The number of nitrogens with one attached hydrogen (secondary N) is 1. The number of hydrogen-bond acceptors (Lipinski definition) is 4. The predicted molar refractivity (Wildman–Crippen MR) is 67.6 cm³/mol. The third kappa shape index (κ3) is 4.52.